The molecule has 0 radical (unpaired) electrons. The van der Waals surface area contributed by atoms with Crippen molar-refractivity contribution in [2.75, 3.05) is 24.7 Å². The summed E-state index contributed by atoms with van der Waals surface area (Å²) >= 11 is 0. The maximum Gasteiger partial charge on any atom is 0.276 e. The molecule has 172 valence electrons. The van der Waals surface area contributed by atoms with Gasteiger partial charge in [-0.05, 0) is 42.3 Å². The summed E-state index contributed by atoms with van der Waals surface area (Å²) in [4.78, 5) is 14.8. The lowest BCUT2D eigenvalue weighted by molar-refractivity contribution is 0.0670. The maximum atomic E-state index is 13.7. The van der Waals surface area contributed by atoms with Crippen molar-refractivity contribution in [2.24, 2.45) is 0 Å². The minimum absolute atomic E-state index is 0.00581. The molecular weight excluding hydrogens is 451 g/mol. The van der Waals surface area contributed by atoms with Gasteiger partial charge >= 0.3 is 0 Å². The molecule has 10 heteroatoms. The first-order valence-electron chi connectivity index (χ1n) is 10.5. The number of carbonyl (C=O) groups is 1. The first-order chi connectivity index (χ1) is 15.9. The van der Waals surface area contributed by atoms with Crippen LogP contribution in [0.5, 0.6) is 11.5 Å². The van der Waals surface area contributed by atoms with E-state index < -0.39 is 27.6 Å². The molecule has 1 aromatic heterocycles. The topological polar surface area (TPSA) is 98.9 Å². The van der Waals surface area contributed by atoms with E-state index in [4.69, 9.17) is 14.0 Å². The molecule has 0 spiro atoms. The number of nitrogens with zero attached hydrogens (tertiary/aromatic N) is 2. The van der Waals surface area contributed by atoms with Gasteiger partial charge in [0.15, 0.2) is 32.8 Å². The van der Waals surface area contributed by atoms with Gasteiger partial charge < -0.3 is 18.9 Å². The van der Waals surface area contributed by atoms with Crippen LogP contribution in [0, 0.1) is 5.82 Å². The summed E-state index contributed by atoms with van der Waals surface area (Å²) in [6.07, 6.45) is 0.316. The monoisotopic (exact) mass is 472 g/mol. The molecular formula is C23H21FN2O6S. The fraction of sp³-hybridized carbons (Fsp3) is 0.304. The quantitative estimate of drug-likeness (QED) is 0.563. The van der Waals surface area contributed by atoms with E-state index in [0.717, 1.165) is 0 Å². The number of fused-ring (bicyclic) bond motifs is 1. The standard InChI is InChI=1S/C23H21FN2O6S/c24-17-3-1-2-15(10-17)13-26(18-6-9-33(28,29)14-18)23(27)19-12-21(32-25-19)16-4-5-20-22(11-16)31-8-7-30-20/h1-5,10-12,18H,6-9,13-14H2. The van der Waals surface area contributed by atoms with Gasteiger partial charge in [-0.3, -0.25) is 4.79 Å². The van der Waals surface area contributed by atoms with Gasteiger partial charge in [-0.2, -0.15) is 0 Å². The molecule has 3 aromatic rings. The van der Waals surface area contributed by atoms with Crippen LogP contribution in [0.4, 0.5) is 4.39 Å². The molecule has 5 rings (SSSR count). The molecule has 1 unspecified atom stereocenters. The first kappa shape index (κ1) is 21.4. The zero-order valence-electron chi connectivity index (χ0n) is 17.6. The Morgan fingerprint density at radius 2 is 1.91 bits per heavy atom. The summed E-state index contributed by atoms with van der Waals surface area (Å²) in [5.41, 5.74) is 1.26. The van der Waals surface area contributed by atoms with Crippen LogP contribution in [0.1, 0.15) is 22.5 Å². The molecule has 0 aliphatic carbocycles. The second kappa shape index (κ2) is 8.51. The highest BCUT2D eigenvalue weighted by Crippen LogP contribution is 2.35. The molecule has 3 heterocycles. The molecule has 1 atom stereocenters. The largest absolute Gasteiger partial charge is 0.486 e. The molecule has 8 nitrogen and oxygen atoms in total. The van der Waals surface area contributed by atoms with Gasteiger partial charge in [-0.25, -0.2) is 12.8 Å². The highest BCUT2D eigenvalue weighted by Gasteiger charge is 2.36. The number of hydrogen-bond donors (Lipinski definition) is 0. The smallest absolute Gasteiger partial charge is 0.276 e. The van der Waals surface area contributed by atoms with Gasteiger partial charge in [0.1, 0.15) is 19.0 Å². The summed E-state index contributed by atoms with van der Waals surface area (Å²) in [7, 11) is -3.24. The van der Waals surface area contributed by atoms with Crippen molar-refractivity contribution in [1.82, 2.24) is 10.1 Å². The van der Waals surface area contributed by atoms with Crippen molar-refractivity contribution in [3.05, 3.63) is 65.6 Å². The lowest BCUT2D eigenvalue weighted by Crippen LogP contribution is -2.40. The zero-order valence-corrected chi connectivity index (χ0v) is 18.4. The molecule has 2 aliphatic heterocycles. The number of ether oxygens (including phenoxy) is 2. The highest BCUT2D eigenvalue weighted by atomic mass is 32.2. The number of amides is 1. The van der Waals surface area contributed by atoms with Crippen LogP contribution in [-0.2, 0) is 16.4 Å². The predicted octanol–water partition coefficient (Wildman–Crippen LogP) is 3.08. The van der Waals surface area contributed by atoms with Crippen LogP contribution in [0.3, 0.4) is 0 Å². The van der Waals surface area contributed by atoms with Gasteiger partial charge in [-0.15, -0.1) is 0 Å². The SMILES string of the molecule is O=C(c1cc(-c2ccc3c(c2)OCCO3)on1)N(Cc1cccc(F)c1)C1CCS(=O)(=O)C1. The van der Waals surface area contributed by atoms with E-state index in [1.807, 2.05) is 0 Å². The Hall–Kier alpha value is -3.40. The van der Waals surface area contributed by atoms with E-state index in [0.29, 0.717) is 48.0 Å². The summed E-state index contributed by atoms with van der Waals surface area (Å²) in [5, 5.41) is 3.93. The molecule has 0 bridgehead atoms. The van der Waals surface area contributed by atoms with E-state index >= 15 is 0 Å². The van der Waals surface area contributed by atoms with Crippen LogP contribution in [0.2, 0.25) is 0 Å². The fourth-order valence-electron chi connectivity index (χ4n) is 4.08. The fourth-order valence-corrected chi connectivity index (χ4v) is 5.81. The number of sulfone groups is 1. The molecule has 33 heavy (non-hydrogen) atoms. The third-order valence-electron chi connectivity index (χ3n) is 5.71. The van der Waals surface area contributed by atoms with Gasteiger partial charge in [0.25, 0.3) is 5.91 Å². The van der Waals surface area contributed by atoms with Crippen molar-refractivity contribution >= 4 is 15.7 Å². The number of halogens is 1. The zero-order chi connectivity index (χ0) is 23.0. The van der Waals surface area contributed by atoms with Crippen molar-refractivity contribution < 1.29 is 31.6 Å². The van der Waals surface area contributed by atoms with Crippen LogP contribution >= 0.6 is 0 Å². The summed E-state index contributed by atoms with van der Waals surface area (Å²) in [6.45, 7) is 0.976. The number of hydrogen-bond acceptors (Lipinski definition) is 7. The number of aromatic nitrogens is 1. The maximum absolute atomic E-state index is 13.7. The van der Waals surface area contributed by atoms with E-state index in [-0.39, 0.29) is 23.7 Å². The van der Waals surface area contributed by atoms with Crippen LogP contribution < -0.4 is 9.47 Å². The average molecular weight is 472 g/mol. The van der Waals surface area contributed by atoms with Crippen LogP contribution in [-0.4, -0.2) is 55.1 Å². The summed E-state index contributed by atoms with van der Waals surface area (Å²) in [6, 6.07) is 12.1. The van der Waals surface area contributed by atoms with Crippen molar-refractivity contribution in [2.45, 2.75) is 19.0 Å². The Morgan fingerprint density at radius 1 is 1.09 bits per heavy atom. The Bertz CT molecular complexity index is 1310. The molecule has 2 aromatic carbocycles. The Balaban J connectivity index is 1.43. The van der Waals surface area contributed by atoms with Gasteiger partial charge in [0, 0.05) is 24.2 Å². The second-order valence-electron chi connectivity index (χ2n) is 8.05. The normalized spacial score (nSPS) is 18.8. The Morgan fingerprint density at radius 3 is 2.67 bits per heavy atom. The van der Waals surface area contributed by atoms with Gasteiger partial charge in [0.2, 0.25) is 0 Å². The molecule has 2 aliphatic rings. The number of carbonyl (C=O) groups excluding carboxylic acids is 1. The second-order valence-corrected chi connectivity index (χ2v) is 10.3. The Kier molecular flexibility index (Phi) is 5.53. The Labute approximate surface area is 189 Å². The van der Waals surface area contributed by atoms with E-state index in [1.165, 1.54) is 23.1 Å². The first-order valence-corrected chi connectivity index (χ1v) is 12.3. The number of benzene rings is 2. The minimum atomic E-state index is -3.24. The highest BCUT2D eigenvalue weighted by molar-refractivity contribution is 7.91. The van der Waals surface area contributed by atoms with Crippen LogP contribution in [0.25, 0.3) is 11.3 Å². The molecule has 1 fully saturated rings. The summed E-state index contributed by atoms with van der Waals surface area (Å²) in [5.74, 6) is 0.527. The molecule has 1 saturated heterocycles. The van der Waals surface area contributed by atoms with E-state index in [1.54, 1.807) is 30.3 Å². The number of rotatable bonds is 5. The lowest BCUT2D eigenvalue weighted by Gasteiger charge is -2.27. The lowest BCUT2D eigenvalue weighted by atomic mass is 10.1. The molecule has 1 amide bonds. The third-order valence-corrected chi connectivity index (χ3v) is 7.46. The van der Waals surface area contributed by atoms with Gasteiger partial charge in [-0.1, -0.05) is 17.3 Å². The molecule has 0 saturated carbocycles. The molecule has 0 N–H and O–H groups in total. The van der Waals surface area contributed by atoms with Crippen molar-refractivity contribution in [3.63, 3.8) is 0 Å². The van der Waals surface area contributed by atoms with Crippen molar-refractivity contribution in [1.29, 1.82) is 0 Å². The average Bonchev–Trinajstić information content (AvgIpc) is 3.43. The minimum Gasteiger partial charge on any atom is -0.486 e. The van der Waals surface area contributed by atoms with E-state index in [2.05, 4.69) is 5.16 Å². The van der Waals surface area contributed by atoms with Gasteiger partial charge in [0.05, 0.1) is 11.5 Å². The van der Waals surface area contributed by atoms with E-state index in [9.17, 15) is 17.6 Å². The predicted molar refractivity (Wildman–Crippen MR) is 116 cm³/mol. The summed E-state index contributed by atoms with van der Waals surface area (Å²) < 4.78 is 54.4. The third kappa shape index (κ3) is 4.56. The van der Waals surface area contributed by atoms with Crippen molar-refractivity contribution in [3.8, 4) is 22.8 Å². The van der Waals surface area contributed by atoms with Crippen LogP contribution in [0.15, 0.2) is 53.1 Å².